The van der Waals surface area contributed by atoms with Gasteiger partial charge in [-0.15, -0.1) is 0 Å². The fourth-order valence-electron chi connectivity index (χ4n) is 3.42. The summed E-state index contributed by atoms with van der Waals surface area (Å²) in [6.45, 7) is 4.43. The Kier molecular flexibility index (Phi) is 5.74. The van der Waals surface area contributed by atoms with Gasteiger partial charge in [0.05, 0.1) is 12.3 Å². The normalized spacial score (nSPS) is 13.9. The number of aromatic nitrogens is 3. The number of rotatable bonds is 5. The van der Waals surface area contributed by atoms with Gasteiger partial charge in [0.25, 0.3) is 11.8 Å². The van der Waals surface area contributed by atoms with Crippen LogP contribution in [0.5, 0.6) is 5.75 Å². The Balaban J connectivity index is 1.35. The van der Waals surface area contributed by atoms with Crippen LogP contribution in [0.3, 0.4) is 0 Å². The second-order valence-electron chi connectivity index (χ2n) is 6.95. The van der Waals surface area contributed by atoms with E-state index in [1.54, 1.807) is 52.5 Å². The second kappa shape index (κ2) is 8.77. The maximum absolute atomic E-state index is 12.8. The first kappa shape index (κ1) is 19.6. The number of H-pyrrole nitrogens is 1. The molecule has 1 aliphatic heterocycles. The lowest BCUT2D eigenvalue weighted by molar-refractivity contribution is 0.0532. The van der Waals surface area contributed by atoms with Gasteiger partial charge in [-0.05, 0) is 49.4 Å². The van der Waals surface area contributed by atoms with Crippen molar-refractivity contribution in [2.24, 2.45) is 0 Å². The van der Waals surface area contributed by atoms with Crippen LogP contribution in [-0.2, 0) is 0 Å². The third kappa shape index (κ3) is 4.17. The number of nitrogens with one attached hydrogen (secondary N) is 1. The quantitative estimate of drug-likeness (QED) is 0.704. The van der Waals surface area contributed by atoms with Crippen LogP contribution in [-0.4, -0.2) is 69.6 Å². The minimum Gasteiger partial charge on any atom is -0.494 e. The summed E-state index contributed by atoms with van der Waals surface area (Å²) in [5, 5.41) is 7.03. The zero-order valence-electron chi connectivity index (χ0n) is 16.7. The van der Waals surface area contributed by atoms with Crippen molar-refractivity contribution in [3.8, 4) is 17.0 Å². The molecule has 4 rings (SSSR count). The van der Waals surface area contributed by atoms with Crippen LogP contribution in [0.2, 0.25) is 0 Å². The van der Waals surface area contributed by atoms with Crippen molar-refractivity contribution in [2.75, 3.05) is 32.8 Å². The Morgan fingerprint density at radius 3 is 2.37 bits per heavy atom. The minimum atomic E-state index is -0.120. The minimum absolute atomic E-state index is 0.0365. The van der Waals surface area contributed by atoms with Gasteiger partial charge in [-0.25, -0.2) is 0 Å². The molecule has 0 aliphatic carbocycles. The van der Waals surface area contributed by atoms with E-state index < -0.39 is 0 Å². The van der Waals surface area contributed by atoms with E-state index in [2.05, 4.69) is 15.2 Å². The van der Waals surface area contributed by atoms with Crippen molar-refractivity contribution in [3.63, 3.8) is 0 Å². The van der Waals surface area contributed by atoms with Crippen molar-refractivity contribution < 1.29 is 14.3 Å². The van der Waals surface area contributed by atoms with Gasteiger partial charge in [0.1, 0.15) is 11.4 Å². The molecular formula is C22H23N5O3. The molecule has 0 radical (unpaired) electrons. The van der Waals surface area contributed by atoms with Gasteiger partial charge in [-0.2, -0.15) is 5.10 Å². The molecule has 0 spiro atoms. The molecule has 0 atom stereocenters. The number of pyridine rings is 1. The van der Waals surface area contributed by atoms with Gasteiger partial charge in [-0.3, -0.25) is 19.7 Å². The molecule has 0 saturated carbocycles. The number of carbonyl (C=O) groups excluding carboxylic acids is 2. The summed E-state index contributed by atoms with van der Waals surface area (Å²) in [7, 11) is 0. The Labute approximate surface area is 174 Å². The number of benzene rings is 1. The molecule has 1 aliphatic rings. The van der Waals surface area contributed by atoms with E-state index in [4.69, 9.17) is 4.74 Å². The Morgan fingerprint density at radius 2 is 1.73 bits per heavy atom. The number of hydrogen-bond donors (Lipinski definition) is 1. The highest BCUT2D eigenvalue weighted by Crippen LogP contribution is 2.18. The average molecular weight is 405 g/mol. The van der Waals surface area contributed by atoms with Crippen molar-refractivity contribution >= 4 is 11.8 Å². The van der Waals surface area contributed by atoms with Crippen LogP contribution in [0.25, 0.3) is 11.3 Å². The Hall–Kier alpha value is -3.68. The van der Waals surface area contributed by atoms with Gasteiger partial charge in [0, 0.05) is 49.7 Å². The number of piperazine rings is 1. The summed E-state index contributed by atoms with van der Waals surface area (Å²) in [6.07, 6.45) is 3.39. The predicted octanol–water partition coefficient (Wildman–Crippen LogP) is 2.47. The molecule has 1 saturated heterocycles. The SMILES string of the molecule is CCOc1ccc(C(=O)N2CCN(C(=O)c3cc(-c4cccnc4)n[nH]3)CC2)cc1. The Bertz CT molecular complexity index is 1010. The lowest BCUT2D eigenvalue weighted by atomic mass is 10.1. The Morgan fingerprint density at radius 1 is 1.03 bits per heavy atom. The topological polar surface area (TPSA) is 91.4 Å². The van der Waals surface area contributed by atoms with Gasteiger partial charge in [-0.1, -0.05) is 0 Å². The van der Waals surface area contributed by atoms with Gasteiger partial charge in [0.2, 0.25) is 0 Å². The van der Waals surface area contributed by atoms with Crippen molar-refractivity contribution in [1.82, 2.24) is 25.0 Å². The summed E-state index contributed by atoms with van der Waals surface area (Å²) in [6, 6.07) is 12.6. The summed E-state index contributed by atoms with van der Waals surface area (Å²) in [5.41, 5.74) is 2.57. The van der Waals surface area contributed by atoms with Crippen LogP contribution in [0.4, 0.5) is 0 Å². The molecule has 3 heterocycles. The number of amides is 2. The first-order valence-corrected chi connectivity index (χ1v) is 9.93. The summed E-state index contributed by atoms with van der Waals surface area (Å²) in [4.78, 5) is 33.1. The lowest BCUT2D eigenvalue weighted by Gasteiger charge is -2.34. The number of nitrogens with zero attached hydrogens (tertiary/aromatic N) is 4. The van der Waals surface area contributed by atoms with Crippen molar-refractivity contribution in [2.45, 2.75) is 6.92 Å². The first-order chi connectivity index (χ1) is 14.7. The fraction of sp³-hybridized carbons (Fsp3) is 0.273. The largest absolute Gasteiger partial charge is 0.494 e. The molecule has 2 amide bonds. The van der Waals surface area contributed by atoms with Crippen LogP contribution in [0, 0.1) is 0 Å². The van der Waals surface area contributed by atoms with E-state index in [-0.39, 0.29) is 11.8 Å². The van der Waals surface area contributed by atoms with Crippen LogP contribution in [0.1, 0.15) is 27.8 Å². The fourth-order valence-corrected chi connectivity index (χ4v) is 3.42. The van der Waals surface area contributed by atoms with E-state index in [0.29, 0.717) is 49.7 Å². The molecule has 154 valence electrons. The monoisotopic (exact) mass is 405 g/mol. The molecule has 1 aromatic carbocycles. The zero-order chi connectivity index (χ0) is 20.9. The summed E-state index contributed by atoms with van der Waals surface area (Å²) < 4.78 is 5.42. The first-order valence-electron chi connectivity index (χ1n) is 9.93. The molecule has 2 aromatic heterocycles. The second-order valence-corrected chi connectivity index (χ2v) is 6.95. The summed E-state index contributed by atoms with van der Waals surface area (Å²) in [5.74, 6) is 0.589. The molecule has 1 fully saturated rings. The number of carbonyl (C=O) groups is 2. The average Bonchev–Trinajstić information content (AvgIpc) is 3.30. The highest BCUT2D eigenvalue weighted by Gasteiger charge is 2.26. The van der Waals surface area contributed by atoms with E-state index in [1.807, 2.05) is 19.1 Å². The van der Waals surface area contributed by atoms with Gasteiger partial charge >= 0.3 is 0 Å². The van der Waals surface area contributed by atoms with E-state index in [1.165, 1.54) is 0 Å². The van der Waals surface area contributed by atoms with E-state index >= 15 is 0 Å². The molecule has 30 heavy (non-hydrogen) atoms. The zero-order valence-corrected chi connectivity index (χ0v) is 16.7. The third-order valence-corrected chi connectivity index (χ3v) is 5.03. The highest BCUT2D eigenvalue weighted by molar-refractivity contribution is 5.95. The van der Waals surface area contributed by atoms with Gasteiger partial charge in [0.15, 0.2) is 0 Å². The maximum Gasteiger partial charge on any atom is 0.272 e. The van der Waals surface area contributed by atoms with E-state index in [0.717, 1.165) is 11.3 Å². The maximum atomic E-state index is 12.8. The predicted molar refractivity (Wildman–Crippen MR) is 111 cm³/mol. The number of aromatic amines is 1. The summed E-state index contributed by atoms with van der Waals surface area (Å²) >= 11 is 0. The molecule has 8 heteroatoms. The number of ether oxygens (including phenoxy) is 1. The van der Waals surface area contributed by atoms with Gasteiger partial charge < -0.3 is 14.5 Å². The smallest absolute Gasteiger partial charge is 0.272 e. The van der Waals surface area contributed by atoms with Crippen molar-refractivity contribution in [3.05, 3.63) is 66.1 Å². The highest BCUT2D eigenvalue weighted by atomic mass is 16.5. The van der Waals surface area contributed by atoms with Crippen LogP contribution >= 0.6 is 0 Å². The molecule has 1 N–H and O–H groups in total. The van der Waals surface area contributed by atoms with E-state index in [9.17, 15) is 9.59 Å². The third-order valence-electron chi connectivity index (χ3n) is 5.03. The molecule has 0 bridgehead atoms. The van der Waals surface area contributed by atoms with Crippen LogP contribution < -0.4 is 4.74 Å². The molecule has 3 aromatic rings. The molecule has 0 unspecified atom stereocenters. The lowest BCUT2D eigenvalue weighted by Crippen LogP contribution is -2.50. The molecular weight excluding hydrogens is 382 g/mol. The number of hydrogen-bond acceptors (Lipinski definition) is 5. The van der Waals surface area contributed by atoms with Crippen molar-refractivity contribution in [1.29, 1.82) is 0 Å². The van der Waals surface area contributed by atoms with Crippen LogP contribution in [0.15, 0.2) is 54.9 Å². The molecule has 8 nitrogen and oxygen atoms in total. The standard InChI is InChI=1S/C22H23N5O3/c1-2-30-18-7-5-16(6-8-18)21(28)26-10-12-27(13-11-26)22(29)20-14-19(24-25-20)17-4-3-9-23-15-17/h3-9,14-15H,2,10-13H2,1H3,(H,24,25).